The topological polar surface area (TPSA) is 61.9 Å². The molecule has 0 N–H and O–H groups in total. The molecule has 0 bridgehead atoms. The first-order valence-corrected chi connectivity index (χ1v) is 8.92. The summed E-state index contributed by atoms with van der Waals surface area (Å²) in [4.78, 5) is 14.1. The molecule has 0 radical (unpaired) electrons. The number of nitrogens with zero attached hydrogens (tertiary/aromatic N) is 4. The molecular weight excluding hydrogens is 336 g/mol. The zero-order chi connectivity index (χ0) is 19.1. The molecular formula is C22H22N4O. The molecule has 0 saturated carbocycles. The smallest absolute Gasteiger partial charge is 0.222 e. The van der Waals surface area contributed by atoms with Crippen LogP contribution in [0.2, 0.25) is 0 Å². The standard InChI is InChI=1S/C22H22N4O/c1-25(22(27)12-11-18-7-9-19(13-23)10-8-18)15-21-14-24-26(17-21)16-20-5-3-2-4-6-20/h2-10,14,17H,11-12,15-16H2,1H3. The van der Waals surface area contributed by atoms with Gasteiger partial charge in [0.25, 0.3) is 0 Å². The van der Waals surface area contributed by atoms with Crippen LogP contribution in [0.15, 0.2) is 67.0 Å². The van der Waals surface area contributed by atoms with Crippen LogP contribution in [0, 0.1) is 11.3 Å². The molecule has 136 valence electrons. The van der Waals surface area contributed by atoms with Crippen LogP contribution in [0.4, 0.5) is 0 Å². The van der Waals surface area contributed by atoms with E-state index in [0.29, 0.717) is 24.9 Å². The third-order valence-electron chi connectivity index (χ3n) is 4.43. The van der Waals surface area contributed by atoms with Gasteiger partial charge in [0.05, 0.1) is 24.4 Å². The van der Waals surface area contributed by atoms with Gasteiger partial charge in [-0.15, -0.1) is 0 Å². The van der Waals surface area contributed by atoms with Crippen LogP contribution in [-0.4, -0.2) is 27.6 Å². The quantitative estimate of drug-likeness (QED) is 0.650. The van der Waals surface area contributed by atoms with E-state index in [1.807, 2.05) is 54.5 Å². The molecule has 3 aromatic rings. The van der Waals surface area contributed by atoms with E-state index >= 15 is 0 Å². The Balaban J connectivity index is 1.50. The van der Waals surface area contributed by atoms with Crippen molar-refractivity contribution in [1.29, 1.82) is 5.26 Å². The summed E-state index contributed by atoms with van der Waals surface area (Å²) >= 11 is 0. The summed E-state index contributed by atoms with van der Waals surface area (Å²) in [7, 11) is 1.82. The van der Waals surface area contributed by atoms with Crippen molar-refractivity contribution in [2.75, 3.05) is 7.05 Å². The fourth-order valence-electron chi connectivity index (χ4n) is 2.90. The average Bonchev–Trinajstić information content (AvgIpc) is 3.14. The number of carbonyl (C=O) groups is 1. The number of hydrogen-bond donors (Lipinski definition) is 0. The molecule has 0 unspecified atom stereocenters. The Kier molecular flexibility index (Phi) is 6.01. The molecule has 1 aromatic heterocycles. The highest BCUT2D eigenvalue weighted by Crippen LogP contribution is 2.10. The Morgan fingerprint density at radius 2 is 1.81 bits per heavy atom. The molecule has 0 aliphatic rings. The van der Waals surface area contributed by atoms with Crippen LogP contribution < -0.4 is 0 Å². The van der Waals surface area contributed by atoms with Crippen LogP contribution in [0.3, 0.4) is 0 Å². The third-order valence-corrected chi connectivity index (χ3v) is 4.43. The van der Waals surface area contributed by atoms with Crippen molar-refractivity contribution < 1.29 is 4.79 Å². The largest absolute Gasteiger partial charge is 0.341 e. The Morgan fingerprint density at radius 1 is 1.07 bits per heavy atom. The summed E-state index contributed by atoms with van der Waals surface area (Å²) in [5.41, 5.74) is 3.90. The van der Waals surface area contributed by atoms with Gasteiger partial charge in [0.2, 0.25) is 5.91 Å². The SMILES string of the molecule is CN(Cc1cnn(Cc2ccccc2)c1)C(=O)CCc1ccc(C#N)cc1. The molecule has 5 heteroatoms. The molecule has 1 amide bonds. The highest BCUT2D eigenvalue weighted by molar-refractivity contribution is 5.76. The van der Waals surface area contributed by atoms with Crippen molar-refractivity contribution in [2.24, 2.45) is 0 Å². The molecule has 0 atom stereocenters. The fourth-order valence-corrected chi connectivity index (χ4v) is 2.90. The van der Waals surface area contributed by atoms with E-state index in [-0.39, 0.29) is 5.91 Å². The predicted octanol–water partition coefficient (Wildman–Crippen LogP) is 3.39. The van der Waals surface area contributed by atoms with Crippen LogP contribution in [0.25, 0.3) is 0 Å². The van der Waals surface area contributed by atoms with Gasteiger partial charge in [-0.3, -0.25) is 9.48 Å². The lowest BCUT2D eigenvalue weighted by Crippen LogP contribution is -2.26. The Bertz CT molecular complexity index is 923. The van der Waals surface area contributed by atoms with Gasteiger partial charge < -0.3 is 4.90 Å². The first kappa shape index (κ1) is 18.4. The van der Waals surface area contributed by atoms with Crippen LogP contribution in [-0.2, 0) is 24.3 Å². The minimum Gasteiger partial charge on any atom is -0.341 e. The molecule has 2 aromatic carbocycles. The molecule has 5 nitrogen and oxygen atoms in total. The summed E-state index contributed by atoms with van der Waals surface area (Å²) < 4.78 is 1.89. The van der Waals surface area contributed by atoms with Crippen molar-refractivity contribution in [2.45, 2.75) is 25.9 Å². The Labute approximate surface area is 159 Å². The number of rotatable bonds is 7. The molecule has 3 rings (SSSR count). The molecule has 0 saturated heterocycles. The Morgan fingerprint density at radius 3 is 2.52 bits per heavy atom. The second kappa shape index (κ2) is 8.81. The number of benzene rings is 2. The van der Waals surface area contributed by atoms with Gasteiger partial charge in [0.15, 0.2) is 0 Å². The van der Waals surface area contributed by atoms with Gasteiger partial charge in [-0.05, 0) is 29.7 Å². The van der Waals surface area contributed by atoms with Gasteiger partial charge in [0, 0.05) is 31.8 Å². The first-order chi connectivity index (χ1) is 13.1. The van der Waals surface area contributed by atoms with Gasteiger partial charge in [-0.25, -0.2) is 0 Å². The number of amides is 1. The fraction of sp³-hybridized carbons (Fsp3) is 0.227. The van der Waals surface area contributed by atoms with E-state index in [1.165, 1.54) is 5.56 Å². The van der Waals surface area contributed by atoms with Crippen LogP contribution in [0.5, 0.6) is 0 Å². The average molecular weight is 358 g/mol. The van der Waals surface area contributed by atoms with E-state index in [9.17, 15) is 4.79 Å². The molecule has 0 aliphatic heterocycles. The second-order valence-corrected chi connectivity index (χ2v) is 6.59. The maximum absolute atomic E-state index is 12.4. The number of carbonyl (C=O) groups excluding carboxylic acids is 1. The van der Waals surface area contributed by atoms with E-state index < -0.39 is 0 Å². The van der Waals surface area contributed by atoms with Gasteiger partial charge in [-0.1, -0.05) is 42.5 Å². The van der Waals surface area contributed by atoms with Gasteiger partial charge >= 0.3 is 0 Å². The zero-order valence-electron chi connectivity index (χ0n) is 15.4. The predicted molar refractivity (Wildman–Crippen MR) is 104 cm³/mol. The summed E-state index contributed by atoms with van der Waals surface area (Å²) in [6.45, 7) is 1.26. The normalized spacial score (nSPS) is 10.4. The summed E-state index contributed by atoms with van der Waals surface area (Å²) in [5, 5.41) is 13.2. The van der Waals surface area contributed by atoms with Gasteiger partial charge in [-0.2, -0.15) is 10.4 Å². The molecule has 0 aliphatic carbocycles. The van der Waals surface area contributed by atoms with E-state index in [2.05, 4.69) is 23.3 Å². The lowest BCUT2D eigenvalue weighted by atomic mass is 10.1. The highest BCUT2D eigenvalue weighted by Gasteiger charge is 2.11. The van der Waals surface area contributed by atoms with Crippen molar-refractivity contribution in [3.05, 3.63) is 89.2 Å². The molecule has 1 heterocycles. The minimum absolute atomic E-state index is 0.0927. The monoisotopic (exact) mass is 358 g/mol. The van der Waals surface area contributed by atoms with E-state index in [0.717, 1.165) is 17.7 Å². The van der Waals surface area contributed by atoms with Crippen molar-refractivity contribution in [3.8, 4) is 6.07 Å². The van der Waals surface area contributed by atoms with Crippen molar-refractivity contribution >= 4 is 5.91 Å². The maximum Gasteiger partial charge on any atom is 0.222 e. The lowest BCUT2D eigenvalue weighted by Gasteiger charge is -2.16. The number of aromatic nitrogens is 2. The summed E-state index contributed by atoms with van der Waals surface area (Å²) in [6.07, 6.45) is 4.91. The highest BCUT2D eigenvalue weighted by atomic mass is 16.2. The molecule has 0 spiro atoms. The molecule has 27 heavy (non-hydrogen) atoms. The van der Waals surface area contributed by atoms with E-state index in [1.54, 1.807) is 17.0 Å². The summed E-state index contributed by atoms with van der Waals surface area (Å²) in [5.74, 6) is 0.0927. The summed E-state index contributed by atoms with van der Waals surface area (Å²) in [6, 6.07) is 19.6. The van der Waals surface area contributed by atoms with Gasteiger partial charge in [0.1, 0.15) is 0 Å². The van der Waals surface area contributed by atoms with Crippen molar-refractivity contribution in [3.63, 3.8) is 0 Å². The number of nitriles is 1. The number of hydrogen-bond acceptors (Lipinski definition) is 3. The number of aryl methyl sites for hydroxylation is 1. The first-order valence-electron chi connectivity index (χ1n) is 8.92. The maximum atomic E-state index is 12.4. The third kappa shape index (κ3) is 5.29. The molecule has 0 fully saturated rings. The Hall–Kier alpha value is -3.39. The second-order valence-electron chi connectivity index (χ2n) is 6.59. The minimum atomic E-state index is 0.0927. The lowest BCUT2D eigenvalue weighted by molar-refractivity contribution is -0.130. The zero-order valence-corrected chi connectivity index (χ0v) is 15.4. The van der Waals surface area contributed by atoms with Crippen LogP contribution in [0.1, 0.15) is 28.7 Å². The van der Waals surface area contributed by atoms with Crippen molar-refractivity contribution in [1.82, 2.24) is 14.7 Å². The van der Waals surface area contributed by atoms with Crippen LogP contribution >= 0.6 is 0 Å². The van der Waals surface area contributed by atoms with E-state index in [4.69, 9.17) is 5.26 Å².